The van der Waals surface area contributed by atoms with Crippen LogP contribution in [-0.4, -0.2) is 16.2 Å². The Morgan fingerprint density at radius 1 is 1.36 bits per heavy atom. The van der Waals surface area contributed by atoms with Crippen LogP contribution in [0.5, 0.6) is 0 Å². The van der Waals surface area contributed by atoms with Crippen LogP contribution in [0.4, 0.5) is 5.13 Å². The molecule has 0 spiro atoms. The summed E-state index contributed by atoms with van der Waals surface area (Å²) in [6.07, 6.45) is 5.60. The van der Waals surface area contributed by atoms with Crippen LogP contribution < -0.4 is 5.32 Å². The standard InChI is InChI=1S/C10H15N3S/c1-6-12-13-10(14-6)11-9-4-2-3-7-5-8(7)9/h7-9H,2-5H2,1H3,(H,11,13)/t7-,8+,9?/m1/s1. The second-order valence-corrected chi connectivity index (χ2v) is 5.65. The molecule has 3 nitrogen and oxygen atoms in total. The number of anilines is 1. The van der Waals surface area contributed by atoms with Gasteiger partial charge in [0.25, 0.3) is 0 Å². The lowest BCUT2D eigenvalue weighted by molar-refractivity contribution is 0.439. The minimum atomic E-state index is 0.682. The first kappa shape index (κ1) is 8.65. The van der Waals surface area contributed by atoms with E-state index in [1.807, 2.05) is 6.92 Å². The number of aryl methyl sites for hydroxylation is 1. The van der Waals surface area contributed by atoms with Crippen LogP contribution in [0.3, 0.4) is 0 Å². The van der Waals surface area contributed by atoms with Gasteiger partial charge in [0.05, 0.1) is 0 Å². The van der Waals surface area contributed by atoms with E-state index in [-0.39, 0.29) is 0 Å². The van der Waals surface area contributed by atoms with Gasteiger partial charge in [-0.05, 0) is 31.6 Å². The number of rotatable bonds is 2. The molecule has 1 heterocycles. The highest BCUT2D eigenvalue weighted by molar-refractivity contribution is 7.15. The Bertz CT molecular complexity index is 336. The number of hydrogen-bond acceptors (Lipinski definition) is 4. The highest BCUT2D eigenvalue weighted by Gasteiger charge is 2.45. The van der Waals surface area contributed by atoms with E-state index < -0.39 is 0 Å². The molecular formula is C10H15N3S. The molecule has 2 aliphatic rings. The van der Waals surface area contributed by atoms with Crippen LogP contribution in [0.15, 0.2) is 0 Å². The van der Waals surface area contributed by atoms with Gasteiger partial charge in [-0.25, -0.2) is 0 Å². The summed E-state index contributed by atoms with van der Waals surface area (Å²) in [6.45, 7) is 2.00. The van der Waals surface area contributed by atoms with E-state index in [4.69, 9.17) is 0 Å². The molecule has 1 N–H and O–H groups in total. The van der Waals surface area contributed by atoms with E-state index in [1.54, 1.807) is 11.3 Å². The molecule has 3 atom stereocenters. The van der Waals surface area contributed by atoms with E-state index in [2.05, 4.69) is 15.5 Å². The molecule has 2 fully saturated rings. The van der Waals surface area contributed by atoms with Crippen LogP contribution in [0.1, 0.15) is 30.7 Å². The van der Waals surface area contributed by atoms with Gasteiger partial charge in [0.1, 0.15) is 5.01 Å². The highest BCUT2D eigenvalue weighted by atomic mass is 32.1. The summed E-state index contributed by atoms with van der Waals surface area (Å²) in [5.41, 5.74) is 0. The summed E-state index contributed by atoms with van der Waals surface area (Å²) >= 11 is 1.67. The topological polar surface area (TPSA) is 37.8 Å². The van der Waals surface area contributed by atoms with Gasteiger partial charge in [-0.2, -0.15) is 0 Å². The minimum Gasteiger partial charge on any atom is -0.357 e. The maximum atomic E-state index is 4.12. The van der Waals surface area contributed by atoms with Crippen molar-refractivity contribution in [3.05, 3.63) is 5.01 Å². The smallest absolute Gasteiger partial charge is 0.205 e. The first-order valence-electron chi connectivity index (χ1n) is 5.39. The number of aromatic nitrogens is 2. The summed E-state index contributed by atoms with van der Waals surface area (Å²) in [5.74, 6) is 1.96. The van der Waals surface area contributed by atoms with Gasteiger partial charge in [-0.15, -0.1) is 10.2 Å². The van der Waals surface area contributed by atoms with Crippen molar-refractivity contribution >= 4 is 16.5 Å². The van der Waals surface area contributed by atoms with Crippen molar-refractivity contribution in [3.8, 4) is 0 Å². The molecule has 76 valence electrons. The molecule has 0 bridgehead atoms. The van der Waals surface area contributed by atoms with E-state index in [1.165, 1.54) is 25.7 Å². The molecule has 0 saturated heterocycles. The average molecular weight is 209 g/mol. The molecule has 2 aliphatic carbocycles. The molecular weight excluding hydrogens is 194 g/mol. The fourth-order valence-corrected chi connectivity index (χ4v) is 3.26. The van der Waals surface area contributed by atoms with Gasteiger partial charge in [0, 0.05) is 6.04 Å². The van der Waals surface area contributed by atoms with Crippen molar-refractivity contribution < 1.29 is 0 Å². The largest absolute Gasteiger partial charge is 0.357 e. The van der Waals surface area contributed by atoms with E-state index in [9.17, 15) is 0 Å². The van der Waals surface area contributed by atoms with Crippen molar-refractivity contribution in [2.24, 2.45) is 11.8 Å². The summed E-state index contributed by atoms with van der Waals surface area (Å²) in [5, 5.41) is 13.8. The second-order valence-electron chi connectivity index (χ2n) is 4.47. The Kier molecular flexibility index (Phi) is 1.97. The average Bonchev–Trinajstić information content (AvgIpc) is 2.86. The maximum Gasteiger partial charge on any atom is 0.205 e. The third-order valence-electron chi connectivity index (χ3n) is 3.42. The molecule has 2 saturated carbocycles. The van der Waals surface area contributed by atoms with Gasteiger partial charge in [-0.1, -0.05) is 24.2 Å². The highest BCUT2D eigenvalue weighted by Crippen LogP contribution is 2.50. The Balaban J connectivity index is 1.66. The van der Waals surface area contributed by atoms with Crippen molar-refractivity contribution in [1.82, 2.24) is 10.2 Å². The lowest BCUT2D eigenvalue weighted by Gasteiger charge is -2.21. The number of hydrogen-bond donors (Lipinski definition) is 1. The molecule has 3 rings (SSSR count). The third-order valence-corrected chi connectivity index (χ3v) is 4.19. The summed E-state index contributed by atoms with van der Waals surface area (Å²) in [6, 6.07) is 0.682. The summed E-state index contributed by atoms with van der Waals surface area (Å²) < 4.78 is 0. The van der Waals surface area contributed by atoms with Gasteiger partial charge in [0.2, 0.25) is 5.13 Å². The molecule has 1 unspecified atom stereocenters. The molecule has 1 aromatic heterocycles. The van der Waals surface area contributed by atoms with Crippen LogP contribution in [0, 0.1) is 18.8 Å². The van der Waals surface area contributed by atoms with Crippen molar-refractivity contribution in [2.75, 3.05) is 5.32 Å². The fraction of sp³-hybridized carbons (Fsp3) is 0.800. The predicted octanol–water partition coefficient (Wildman–Crippen LogP) is 2.45. The zero-order chi connectivity index (χ0) is 9.54. The molecule has 4 heteroatoms. The lowest BCUT2D eigenvalue weighted by Crippen LogP contribution is -2.25. The summed E-state index contributed by atoms with van der Waals surface area (Å²) in [4.78, 5) is 0. The fourth-order valence-electron chi connectivity index (χ4n) is 2.60. The first-order chi connectivity index (χ1) is 6.83. The predicted molar refractivity (Wildman–Crippen MR) is 57.5 cm³/mol. The molecule has 0 amide bonds. The quantitative estimate of drug-likeness (QED) is 0.813. The van der Waals surface area contributed by atoms with Crippen LogP contribution in [0.25, 0.3) is 0 Å². The monoisotopic (exact) mass is 209 g/mol. The Hall–Kier alpha value is -0.640. The Morgan fingerprint density at radius 2 is 2.29 bits per heavy atom. The zero-order valence-corrected chi connectivity index (χ0v) is 9.18. The van der Waals surface area contributed by atoms with Gasteiger partial charge < -0.3 is 5.32 Å². The normalized spacial score (nSPS) is 35.1. The van der Waals surface area contributed by atoms with E-state index in [0.717, 1.165) is 22.0 Å². The molecule has 1 aromatic rings. The van der Waals surface area contributed by atoms with Crippen LogP contribution >= 0.6 is 11.3 Å². The first-order valence-corrected chi connectivity index (χ1v) is 6.21. The molecule has 0 aromatic carbocycles. The van der Waals surface area contributed by atoms with Gasteiger partial charge >= 0.3 is 0 Å². The lowest BCUT2D eigenvalue weighted by atomic mass is 9.96. The SMILES string of the molecule is Cc1nnc(NC2CCC[C@@H]3C[C@H]23)s1. The third kappa shape index (κ3) is 1.52. The van der Waals surface area contributed by atoms with Crippen molar-refractivity contribution in [2.45, 2.75) is 38.6 Å². The van der Waals surface area contributed by atoms with Crippen molar-refractivity contribution in [1.29, 1.82) is 0 Å². The molecule has 14 heavy (non-hydrogen) atoms. The van der Waals surface area contributed by atoms with Gasteiger partial charge in [-0.3, -0.25) is 0 Å². The Labute approximate surface area is 87.9 Å². The molecule has 0 aliphatic heterocycles. The summed E-state index contributed by atoms with van der Waals surface area (Å²) in [7, 11) is 0. The van der Waals surface area contributed by atoms with Crippen LogP contribution in [0.2, 0.25) is 0 Å². The molecule has 0 radical (unpaired) electrons. The second kappa shape index (κ2) is 3.19. The van der Waals surface area contributed by atoms with E-state index in [0.29, 0.717) is 6.04 Å². The van der Waals surface area contributed by atoms with Crippen LogP contribution in [-0.2, 0) is 0 Å². The zero-order valence-electron chi connectivity index (χ0n) is 8.36. The Morgan fingerprint density at radius 3 is 3.07 bits per heavy atom. The van der Waals surface area contributed by atoms with Gasteiger partial charge in [0.15, 0.2) is 0 Å². The van der Waals surface area contributed by atoms with E-state index >= 15 is 0 Å². The maximum absolute atomic E-state index is 4.12. The minimum absolute atomic E-state index is 0.682. The number of nitrogens with zero attached hydrogens (tertiary/aromatic N) is 2. The number of nitrogens with one attached hydrogen (secondary N) is 1. The van der Waals surface area contributed by atoms with Crippen molar-refractivity contribution in [3.63, 3.8) is 0 Å². The number of fused-ring (bicyclic) bond motifs is 1.